The van der Waals surface area contributed by atoms with Gasteiger partial charge in [-0.15, -0.1) is 11.3 Å². The molecule has 0 amide bonds. The molecule has 3 rings (SSSR count). The zero-order valence-corrected chi connectivity index (χ0v) is 14.2. The van der Waals surface area contributed by atoms with E-state index in [9.17, 15) is 0 Å². The van der Waals surface area contributed by atoms with Crippen LogP contribution in [-0.2, 0) is 0 Å². The van der Waals surface area contributed by atoms with Crippen LogP contribution in [0.1, 0.15) is 0 Å². The number of thiophene rings is 1. The molecule has 19 heavy (non-hydrogen) atoms. The minimum absolute atomic E-state index is 0.575. The van der Waals surface area contributed by atoms with Crippen LogP contribution in [0.15, 0.2) is 44.7 Å². The summed E-state index contributed by atoms with van der Waals surface area (Å²) in [5.74, 6) is 0.822. The average molecular weight is 417 g/mol. The molecule has 0 saturated heterocycles. The number of benzene rings is 1. The predicted octanol–water partition coefficient (Wildman–Crippen LogP) is 5.18. The van der Waals surface area contributed by atoms with E-state index in [1.807, 2.05) is 40.3 Å². The lowest BCUT2D eigenvalue weighted by atomic mass is 10.3. The molecule has 0 radical (unpaired) electrons. The van der Waals surface area contributed by atoms with Gasteiger partial charge in [-0.25, -0.2) is 0 Å². The molecule has 3 aromatic rings. The molecule has 96 valence electrons. The lowest BCUT2D eigenvalue weighted by molar-refractivity contribution is 1.03. The molecule has 2 heterocycles. The van der Waals surface area contributed by atoms with Crippen LogP contribution in [-0.4, -0.2) is 14.8 Å². The Hall–Kier alpha value is -0.760. The van der Waals surface area contributed by atoms with Gasteiger partial charge in [0.15, 0.2) is 10.6 Å². The number of nitrogens with one attached hydrogen (secondary N) is 1. The molecule has 3 nitrogen and oxygen atoms in total. The number of hydrogen-bond donors (Lipinski definition) is 1. The van der Waals surface area contributed by atoms with Crippen molar-refractivity contribution in [3.8, 4) is 16.4 Å². The third-order valence-corrected chi connectivity index (χ3v) is 4.83. The van der Waals surface area contributed by atoms with Crippen LogP contribution in [0.3, 0.4) is 0 Å². The van der Waals surface area contributed by atoms with Gasteiger partial charge in [-0.3, -0.25) is 9.67 Å². The Morgan fingerprint density at radius 1 is 1.26 bits per heavy atom. The first kappa shape index (κ1) is 13.2. The van der Waals surface area contributed by atoms with E-state index in [2.05, 4.69) is 42.1 Å². The van der Waals surface area contributed by atoms with Gasteiger partial charge in [0.2, 0.25) is 0 Å². The fourth-order valence-corrected chi connectivity index (χ4v) is 3.91. The van der Waals surface area contributed by atoms with Gasteiger partial charge in [-0.2, -0.15) is 5.10 Å². The summed E-state index contributed by atoms with van der Waals surface area (Å²) in [6.07, 6.45) is 0. The molecule has 0 unspecified atom stereocenters. The van der Waals surface area contributed by atoms with E-state index in [1.165, 1.54) is 0 Å². The van der Waals surface area contributed by atoms with E-state index in [-0.39, 0.29) is 0 Å². The van der Waals surface area contributed by atoms with E-state index in [1.54, 1.807) is 11.3 Å². The van der Waals surface area contributed by atoms with E-state index in [4.69, 9.17) is 12.2 Å². The standard InChI is InChI=1S/C12H7Br2N3S2/c13-7-3-4-9(8(14)6-7)17-11(15-16-12(17)18)10-2-1-5-19-10/h1-6H,(H,16,18). The van der Waals surface area contributed by atoms with Crippen molar-refractivity contribution in [2.24, 2.45) is 0 Å². The number of rotatable bonds is 2. The third kappa shape index (κ3) is 2.47. The topological polar surface area (TPSA) is 33.6 Å². The molecule has 0 saturated carbocycles. The Bertz CT molecular complexity index is 775. The second-order valence-corrected chi connectivity index (χ2v) is 6.87. The molecule has 1 N–H and O–H groups in total. The van der Waals surface area contributed by atoms with Crippen molar-refractivity contribution in [2.45, 2.75) is 0 Å². The van der Waals surface area contributed by atoms with Crippen molar-refractivity contribution < 1.29 is 0 Å². The summed E-state index contributed by atoms with van der Waals surface area (Å²) < 4.78 is 4.47. The predicted molar refractivity (Wildman–Crippen MR) is 87.5 cm³/mol. The molecule has 0 atom stereocenters. The number of aromatic nitrogens is 3. The van der Waals surface area contributed by atoms with Crippen molar-refractivity contribution in [3.63, 3.8) is 0 Å². The fraction of sp³-hybridized carbons (Fsp3) is 0. The monoisotopic (exact) mass is 415 g/mol. The fourth-order valence-electron chi connectivity index (χ4n) is 1.75. The van der Waals surface area contributed by atoms with Crippen LogP contribution >= 0.6 is 55.4 Å². The maximum Gasteiger partial charge on any atom is 0.200 e. The molecule has 0 fully saturated rings. The SMILES string of the molecule is S=c1[nH]nc(-c2cccs2)n1-c1ccc(Br)cc1Br. The summed E-state index contributed by atoms with van der Waals surface area (Å²) >= 11 is 14.0. The number of halogens is 2. The zero-order valence-electron chi connectivity index (χ0n) is 9.43. The molecule has 7 heteroatoms. The van der Waals surface area contributed by atoms with Gasteiger partial charge in [0.05, 0.1) is 10.6 Å². The highest BCUT2D eigenvalue weighted by Crippen LogP contribution is 2.30. The molecule has 0 aliphatic rings. The number of hydrogen-bond acceptors (Lipinski definition) is 3. The molecule has 0 aliphatic carbocycles. The van der Waals surface area contributed by atoms with Crippen molar-refractivity contribution in [1.29, 1.82) is 0 Å². The first-order valence-electron chi connectivity index (χ1n) is 5.33. The van der Waals surface area contributed by atoms with E-state index in [0.717, 1.165) is 25.3 Å². The first-order chi connectivity index (χ1) is 9.16. The van der Waals surface area contributed by atoms with Crippen LogP contribution in [0, 0.1) is 4.77 Å². The smallest absolute Gasteiger partial charge is 0.200 e. The summed E-state index contributed by atoms with van der Waals surface area (Å²) in [6, 6.07) is 9.99. The molecule has 2 aromatic heterocycles. The zero-order chi connectivity index (χ0) is 13.4. The van der Waals surface area contributed by atoms with E-state index in [0.29, 0.717) is 4.77 Å². The summed E-state index contributed by atoms with van der Waals surface area (Å²) in [4.78, 5) is 1.07. The van der Waals surface area contributed by atoms with Crippen LogP contribution in [0.4, 0.5) is 0 Å². The van der Waals surface area contributed by atoms with Gasteiger partial charge < -0.3 is 0 Å². The first-order valence-corrected chi connectivity index (χ1v) is 8.21. The van der Waals surface area contributed by atoms with Crippen molar-refractivity contribution in [3.05, 3.63) is 49.4 Å². The van der Waals surface area contributed by atoms with Crippen LogP contribution in [0.2, 0.25) is 0 Å². The lowest BCUT2D eigenvalue weighted by Gasteiger charge is -2.08. The Kier molecular flexibility index (Phi) is 3.70. The number of aromatic amines is 1. The highest BCUT2D eigenvalue weighted by atomic mass is 79.9. The second-order valence-electron chi connectivity index (χ2n) is 3.76. The summed E-state index contributed by atoms with van der Waals surface area (Å²) in [7, 11) is 0. The normalized spacial score (nSPS) is 10.8. The number of nitrogens with zero attached hydrogens (tertiary/aromatic N) is 2. The molecular weight excluding hydrogens is 410 g/mol. The Labute approximate surface area is 135 Å². The van der Waals surface area contributed by atoms with Crippen molar-refractivity contribution in [2.75, 3.05) is 0 Å². The summed E-state index contributed by atoms with van der Waals surface area (Å²) in [6.45, 7) is 0. The minimum atomic E-state index is 0.575. The van der Waals surface area contributed by atoms with Crippen molar-refractivity contribution >= 4 is 55.4 Å². The van der Waals surface area contributed by atoms with E-state index < -0.39 is 0 Å². The van der Waals surface area contributed by atoms with Gasteiger partial charge >= 0.3 is 0 Å². The van der Waals surface area contributed by atoms with Gasteiger partial charge in [0.25, 0.3) is 0 Å². The van der Waals surface area contributed by atoms with Gasteiger partial charge in [-0.05, 0) is 57.8 Å². The van der Waals surface area contributed by atoms with Crippen LogP contribution in [0.25, 0.3) is 16.4 Å². The highest BCUT2D eigenvalue weighted by Gasteiger charge is 2.13. The largest absolute Gasteiger partial charge is 0.266 e. The second kappa shape index (κ2) is 5.32. The third-order valence-electron chi connectivity index (χ3n) is 2.56. The maximum absolute atomic E-state index is 5.34. The van der Waals surface area contributed by atoms with E-state index >= 15 is 0 Å². The highest BCUT2D eigenvalue weighted by molar-refractivity contribution is 9.11. The van der Waals surface area contributed by atoms with Crippen LogP contribution < -0.4 is 0 Å². The van der Waals surface area contributed by atoms with Gasteiger partial charge in [0, 0.05) is 8.95 Å². The lowest BCUT2D eigenvalue weighted by Crippen LogP contribution is -1.97. The summed E-state index contributed by atoms with van der Waals surface area (Å²) in [5, 5.41) is 9.20. The van der Waals surface area contributed by atoms with Gasteiger partial charge in [0.1, 0.15) is 0 Å². The molecule has 0 spiro atoms. The number of H-pyrrole nitrogens is 1. The summed E-state index contributed by atoms with van der Waals surface area (Å²) in [5.41, 5.74) is 0.963. The molecule has 0 bridgehead atoms. The van der Waals surface area contributed by atoms with Crippen molar-refractivity contribution in [1.82, 2.24) is 14.8 Å². The maximum atomic E-state index is 5.34. The average Bonchev–Trinajstić information content (AvgIpc) is 2.99. The molecule has 1 aromatic carbocycles. The quantitative estimate of drug-likeness (QED) is 0.583. The Morgan fingerprint density at radius 3 is 2.79 bits per heavy atom. The van der Waals surface area contributed by atoms with Crippen LogP contribution in [0.5, 0.6) is 0 Å². The molecular formula is C12H7Br2N3S2. The van der Waals surface area contributed by atoms with Gasteiger partial charge in [-0.1, -0.05) is 22.0 Å². The Balaban J connectivity index is 2.26. The minimum Gasteiger partial charge on any atom is -0.266 e. The Morgan fingerprint density at radius 2 is 2.11 bits per heavy atom. The molecule has 0 aliphatic heterocycles.